The Balaban J connectivity index is 1.94. The van der Waals surface area contributed by atoms with Crippen LogP contribution < -0.4 is 4.90 Å². The van der Waals surface area contributed by atoms with Gasteiger partial charge in [-0.2, -0.15) is 5.26 Å². The maximum Gasteiger partial charge on any atom is 0.357 e. The molecule has 0 radical (unpaired) electrons. The van der Waals surface area contributed by atoms with Crippen LogP contribution in [0.2, 0.25) is 0 Å². The maximum atomic E-state index is 13.4. The molecular weight excluding hydrogens is 587 g/mol. The van der Waals surface area contributed by atoms with Gasteiger partial charge in [0.25, 0.3) is 0 Å². The van der Waals surface area contributed by atoms with Gasteiger partial charge in [0.1, 0.15) is 22.5 Å². The molecule has 2 heterocycles. The van der Waals surface area contributed by atoms with E-state index >= 15 is 0 Å². The number of ether oxygens (including phenoxy) is 1. The van der Waals surface area contributed by atoms with Crippen molar-refractivity contribution in [1.82, 2.24) is 9.97 Å². The molecule has 0 aliphatic rings. The summed E-state index contributed by atoms with van der Waals surface area (Å²) in [5.41, 5.74) is 3.31. The van der Waals surface area contributed by atoms with Crippen LogP contribution in [0, 0.1) is 17.1 Å². The summed E-state index contributed by atoms with van der Waals surface area (Å²) in [6.45, 7) is 1.97. The number of aromatic nitrogens is 2. The molecule has 0 N–H and O–H groups in total. The number of hydrogen-bond donors (Lipinski definition) is 0. The lowest BCUT2D eigenvalue weighted by molar-refractivity contribution is 0.0519. The van der Waals surface area contributed by atoms with E-state index in [4.69, 9.17) is 9.72 Å². The highest BCUT2D eigenvalue weighted by Gasteiger charge is 2.25. The third kappa shape index (κ3) is 4.56. The molecule has 6 nitrogen and oxygen atoms in total. The van der Waals surface area contributed by atoms with Gasteiger partial charge in [-0.05, 0) is 49.4 Å². The number of hydrogen-bond acceptors (Lipinski definition) is 7. The van der Waals surface area contributed by atoms with E-state index in [9.17, 15) is 14.4 Å². The Labute approximate surface area is 216 Å². The average molecular weight is 604 g/mol. The van der Waals surface area contributed by atoms with Crippen molar-refractivity contribution in [2.75, 3.05) is 18.6 Å². The number of nitriles is 1. The highest BCUT2D eigenvalue weighted by molar-refractivity contribution is 9.10. The zero-order valence-corrected chi connectivity index (χ0v) is 22.1. The molecule has 0 aliphatic carbocycles. The van der Waals surface area contributed by atoms with Gasteiger partial charge in [0, 0.05) is 33.4 Å². The Morgan fingerprint density at radius 2 is 1.97 bits per heavy atom. The van der Waals surface area contributed by atoms with Crippen LogP contribution in [0.4, 0.5) is 15.2 Å². The Bertz CT molecular complexity index is 1430. The summed E-state index contributed by atoms with van der Waals surface area (Å²) in [5, 5.41) is 11.4. The van der Waals surface area contributed by atoms with Gasteiger partial charge in [0.2, 0.25) is 0 Å². The molecule has 0 atom stereocenters. The molecule has 34 heavy (non-hydrogen) atoms. The molecule has 0 bridgehead atoms. The molecule has 2 aromatic heterocycles. The van der Waals surface area contributed by atoms with Crippen molar-refractivity contribution in [2.24, 2.45) is 0 Å². The zero-order valence-electron chi connectivity index (χ0n) is 18.1. The zero-order chi connectivity index (χ0) is 24.4. The number of nitrogens with zero attached hydrogens (tertiary/aromatic N) is 4. The molecule has 0 spiro atoms. The van der Waals surface area contributed by atoms with E-state index in [1.54, 1.807) is 19.1 Å². The number of pyridine rings is 1. The van der Waals surface area contributed by atoms with E-state index in [0.717, 1.165) is 15.5 Å². The lowest BCUT2D eigenvalue weighted by atomic mass is 10.1. The van der Waals surface area contributed by atoms with Gasteiger partial charge in [-0.25, -0.2) is 19.2 Å². The number of halogens is 3. The average Bonchev–Trinajstić information content (AvgIpc) is 3.27. The maximum absolute atomic E-state index is 13.4. The number of benzene rings is 2. The van der Waals surface area contributed by atoms with Gasteiger partial charge < -0.3 is 9.64 Å². The van der Waals surface area contributed by atoms with Gasteiger partial charge in [0.15, 0.2) is 10.8 Å². The first-order chi connectivity index (χ1) is 16.4. The number of thiazole rings is 1. The van der Waals surface area contributed by atoms with E-state index < -0.39 is 5.97 Å². The standard InChI is InChI=1S/C24H17Br2FN4O2S/c1-3-33-23(32)21-17(11-25)22(16-10-14(26)6-9-18(16)29-21)31(2)24-30-20(19(12-28)34-24)13-4-7-15(27)8-5-13/h4-10H,3,11H2,1-2H3. The Hall–Kier alpha value is -2.87. The molecule has 0 saturated heterocycles. The first-order valence-corrected chi connectivity index (χ1v) is 12.9. The fourth-order valence-corrected chi connectivity index (χ4v) is 5.31. The molecule has 0 fully saturated rings. The predicted molar refractivity (Wildman–Crippen MR) is 138 cm³/mol. The Morgan fingerprint density at radius 1 is 1.24 bits per heavy atom. The van der Waals surface area contributed by atoms with E-state index in [0.29, 0.717) is 37.7 Å². The fourth-order valence-electron chi connectivity index (χ4n) is 3.56. The normalized spacial score (nSPS) is 10.8. The van der Waals surface area contributed by atoms with Crippen LogP contribution in [0.5, 0.6) is 0 Å². The monoisotopic (exact) mass is 602 g/mol. The smallest absolute Gasteiger partial charge is 0.357 e. The highest BCUT2D eigenvalue weighted by atomic mass is 79.9. The van der Waals surface area contributed by atoms with Crippen molar-refractivity contribution in [1.29, 1.82) is 5.26 Å². The third-order valence-electron chi connectivity index (χ3n) is 5.08. The van der Waals surface area contributed by atoms with Gasteiger partial charge >= 0.3 is 5.97 Å². The van der Waals surface area contributed by atoms with Crippen molar-refractivity contribution in [3.63, 3.8) is 0 Å². The van der Waals surface area contributed by atoms with Crippen LogP contribution >= 0.6 is 43.2 Å². The minimum absolute atomic E-state index is 0.214. The second-order valence-electron chi connectivity index (χ2n) is 7.16. The van der Waals surface area contributed by atoms with E-state index in [2.05, 4.69) is 42.9 Å². The number of rotatable bonds is 6. The van der Waals surface area contributed by atoms with Crippen LogP contribution in [-0.2, 0) is 10.1 Å². The van der Waals surface area contributed by atoms with Gasteiger partial charge in [-0.1, -0.05) is 43.2 Å². The molecule has 0 amide bonds. The molecule has 2 aromatic carbocycles. The largest absolute Gasteiger partial charge is 0.461 e. The molecule has 0 unspecified atom stereocenters. The molecule has 172 valence electrons. The summed E-state index contributed by atoms with van der Waals surface area (Å²) in [6.07, 6.45) is 0. The van der Waals surface area contributed by atoms with Crippen molar-refractivity contribution in [3.8, 4) is 17.3 Å². The molecule has 0 saturated carbocycles. The Morgan fingerprint density at radius 3 is 2.62 bits per heavy atom. The number of alkyl halides is 1. The van der Waals surface area contributed by atoms with E-state index in [-0.39, 0.29) is 18.1 Å². The SMILES string of the molecule is CCOC(=O)c1nc2ccc(Br)cc2c(N(C)c2nc(-c3ccc(F)cc3)c(C#N)s2)c1CBr. The van der Waals surface area contributed by atoms with Gasteiger partial charge in [-0.15, -0.1) is 0 Å². The Kier molecular flexibility index (Phi) is 7.26. The summed E-state index contributed by atoms with van der Waals surface area (Å²) < 4.78 is 19.5. The van der Waals surface area contributed by atoms with Crippen LogP contribution in [0.25, 0.3) is 22.2 Å². The van der Waals surface area contributed by atoms with E-state index in [1.807, 2.05) is 30.1 Å². The molecular formula is C24H17Br2FN4O2S. The summed E-state index contributed by atoms with van der Waals surface area (Å²) >= 11 is 8.24. The van der Waals surface area contributed by atoms with E-state index in [1.165, 1.54) is 23.5 Å². The van der Waals surface area contributed by atoms with Crippen molar-refractivity contribution in [3.05, 3.63) is 68.9 Å². The first kappa shape index (κ1) is 24.3. The molecule has 4 rings (SSSR count). The minimum Gasteiger partial charge on any atom is -0.461 e. The topological polar surface area (TPSA) is 79.1 Å². The van der Waals surface area contributed by atoms with Crippen LogP contribution in [0.3, 0.4) is 0 Å². The summed E-state index contributed by atoms with van der Waals surface area (Å²) in [5.74, 6) is -0.877. The lowest BCUT2D eigenvalue weighted by Gasteiger charge is -2.23. The van der Waals surface area contributed by atoms with Crippen LogP contribution in [0.15, 0.2) is 46.9 Å². The summed E-state index contributed by atoms with van der Waals surface area (Å²) in [7, 11) is 1.82. The summed E-state index contributed by atoms with van der Waals surface area (Å²) in [6, 6.07) is 13.6. The van der Waals surface area contributed by atoms with Crippen molar-refractivity contribution >= 4 is 70.9 Å². The quantitative estimate of drug-likeness (QED) is 0.175. The number of anilines is 2. The number of carbonyl (C=O) groups is 1. The minimum atomic E-state index is -0.514. The molecule has 0 aliphatic heterocycles. The van der Waals surface area contributed by atoms with Crippen LogP contribution in [-0.4, -0.2) is 29.6 Å². The van der Waals surface area contributed by atoms with Gasteiger partial charge in [0.05, 0.1) is 17.8 Å². The number of carbonyl (C=O) groups excluding carboxylic acids is 1. The summed E-state index contributed by atoms with van der Waals surface area (Å²) in [4.78, 5) is 24.3. The highest BCUT2D eigenvalue weighted by Crippen LogP contribution is 2.41. The third-order valence-corrected chi connectivity index (χ3v) is 7.17. The number of fused-ring (bicyclic) bond motifs is 1. The van der Waals surface area contributed by atoms with Crippen molar-refractivity contribution < 1.29 is 13.9 Å². The predicted octanol–water partition coefficient (Wildman–Crippen LogP) is 6.97. The van der Waals surface area contributed by atoms with Crippen LogP contribution in [0.1, 0.15) is 27.9 Å². The lowest BCUT2D eigenvalue weighted by Crippen LogP contribution is -2.17. The van der Waals surface area contributed by atoms with Crippen molar-refractivity contribution in [2.45, 2.75) is 12.3 Å². The van der Waals surface area contributed by atoms with Gasteiger partial charge in [-0.3, -0.25) is 0 Å². The fraction of sp³-hybridized carbons (Fsp3) is 0.167. The molecule has 10 heteroatoms. The second kappa shape index (κ2) is 10.2. The number of esters is 1. The second-order valence-corrected chi connectivity index (χ2v) is 9.61. The molecule has 4 aromatic rings. The first-order valence-electron chi connectivity index (χ1n) is 10.1.